The van der Waals surface area contributed by atoms with Crippen molar-refractivity contribution in [1.82, 2.24) is 4.98 Å². The minimum absolute atomic E-state index is 0.0357. The van der Waals surface area contributed by atoms with Crippen LogP contribution in [0.2, 0.25) is 0 Å². The number of Topliss-reactive ketones (excluding diaryl/α,β-unsaturated/α-hetero) is 1. The summed E-state index contributed by atoms with van der Waals surface area (Å²) < 4.78 is 11.7. The molecule has 0 radical (unpaired) electrons. The van der Waals surface area contributed by atoms with Crippen LogP contribution in [0.4, 0.5) is 0 Å². The lowest BCUT2D eigenvalue weighted by Gasteiger charge is -2.32. The van der Waals surface area contributed by atoms with E-state index >= 15 is 0 Å². The highest BCUT2D eigenvalue weighted by atomic mass is 16.7. The minimum Gasteiger partial charge on any atom is -0.400 e. The van der Waals surface area contributed by atoms with E-state index < -0.39 is 0 Å². The summed E-state index contributed by atoms with van der Waals surface area (Å²) >= 11 is 0. The Balaban J connectivity index is 2.06. The van der Waals surface area contributed by atoms with Gasteiger partial charge >= 0.3 is 7.12 Å². The largest absolute Gasteiger partial charge is 0.487 e. The molecule has 106 valence electrons. The van der Waals surface area contributed by atoms with Gasteiger partial charge in [-0.15, -0.1) is 0 Å². The Morgan fingerprint density at radius 1 is 1.20 bits per heavy atom. The zero-order chi connectivity index (χ0) is 15.0. The lowest BCUT2D eigenvalue weighted by Crippen LogP contribution is -2.41. The smallest absolute Gasteiger partial charge is 0.400 e. The van der Waals surface area contributed by atoms with Crippen molar-refractivity contribution >= 4 is 19.0 Å². The molecule has 0 unspecified atom stereocenters. The maximum atomic E-state index is 11.1. The van der Waals surface area contributed by atoms with Crippen LogP contribution in [0.25, 0.3) is 6.08 Å². The van der Waals surface area contributed by atoms with Crippen LogP contribution in [0.5, 0.6) is 0 Å². The Morgan fingerprint density at radius 3 is 2.25 bits per heavy atom. The highest BCUT2D eigenvalue weighted by Gasteiger charge is 2.49. The molecule has 20 heavy (non-hydrogen) atoms. The monoisotopic (exact) mass is 273 g/mol. The van der Waals surface area contributed by atoms with Crippen molar-refractivity contribution in [3.63, 3.8) is 0 Å². The number of rotatable bonds is 3. The molecule has 1 aromatic heterocycles. The Labute approximate surface area is 120 Å². The van der Waals surface area contributed by atoms with Gasteiger partial charge in [-0.25, -0.2) is 0 Å². The first-order chi connectivity index (χ1) is 9.21. The van der Waals surface area contributed by atoms with Gasteiger partial charge in [0.25, 0.3) is 0 Å². The van der Waals surface area contributed by atoms with Crippen molar-refractivity contribution in [1.29, 1.82) is 0 Å². The van der Waals surface area contributed by atoms with Crippen molar-refractivity contribution < 1.29 is 14.1 Å². The van der Waals surface area contributed by atoms with Crippen molar-refractivity contribution in [3.8, 4) is 0 Å². The van der Waals surface area contributed by atoms with E-state index in [-0.39, 0.29) is 24.1 Å². The third-order valence-electron chi connectivity index (χ3n) is 3.86. The summed E-state index contributed by atoms with van der Waals surface area (Å²) in [7, 11) is -0.368. The molecule has 0 bridgehead atoms. The third-order valence-corrected chi connectivity index (χ3v) is 3.86. The average Bonchev–Trinajstić information content (AvgIpc) is 2.56. The van der Waals surface area contributed by atoms with E-state index in [9.17, 15) is 4.79 Å². The van der Waals surface area contributed by atoms with Gasteiger partial charge in [0, 0.05) is 13.1 Å². The number of aromatic nitrogens is 1. The SMILES string of the molecule is CC(=O)c1ccc(/C=C/B2OC(C)(C)C(C)(C)O2)cn1. The first-order valence-corrected chi connectivity index (χ1v) is 6.72. The molecule has 2 rings (SSSR count). The molecule has 4 nitrogen and oxygen atoms in total. The second kappa shape index (κ2) is 5.15. The molecule has 1 fully saturated rings. The Bertz CT molecular complexity index is 519. The molecule has 0 saturated carbocycles. The quantitative estimate of drug-likeness (QED) is 0.627. The summed E-state index contributed by atoms with van der Waals surface area (Å²) in [6.45, 7) is 9.57. The number of pyridine rings is 1. The van der Waals surface area contributed by atoms with Gasteiger partial charge in [0.05, 0.1) is 11.2 Å². The molecule has 0 N–H and O–H groups in total. The van der Waals surface area contributed by atoms with E-state index in [1.807, 2.05) is 45.8 Å². The molecule has 0 aromatic carbocycles. The molecule has 1 aliphatic heterocycles. The standard InChI is InChI=1S/C15H20BNO3/c1-11(18)13-7-6-12(10-17-13)8-9-16-19-14(2,3)15(4,5)20-16/h6-10H,1-5H3/b9-8+. The van der Waals surface area contributed by atoms with Crippen LogP contribution in [0.15, 0.2) is 24.3 Å². The zero-order valence-electron chi connectivity index (χ0n) is 12.6. The molecule has 0 atom stereocenters. The predicted octanol–water partition coefficient (Wildman–Crippen LogP) is 2.93. The summed E-state index contributed by atoms with van der Waals surface area (Å²) in [5, 5.41) is 0. The summed E-state index contributed by atoms with van der Waals surface area (Å²) in [4.78, 5) is 15.2. The Hall–Kier alpha value is -1.46. The van der Waals surface area contributed by atoms with Gasteiger partial charge in [0.2, 0.25) is 0 Å². The fourth-order valence-electron chi connectivity index (χ4n) is 1.87. The molecular formula is C15H20BNO3. The van der Waals surface area contributed by atoms with Crippen molar-refractivity contribution in [2.45, 2.75) is 45.8 Å². The zero-order valence-corrected chi connectivity index (χ0v) is 12.6. The van der Waals surface area contributed by atoms with Crippen LogP contribution in [0, 0.1) is 0 Å². The second-order valence-electron chi connectivity index (χ2n) is 6.02. The van der Waals surface area contributed by atoms with Crippen LogP contribution in [0.3, 0.4) is 0 Å². The molecule has 1 saturated heterocycles. The van der Waals surface area contributed by atoms with E-state index in [1.54, 1.807) is 12.3 Å². The van der Waals surface area contributed by atoms with Gasteiger partial charge in [0.1, 0.15) is 5.69 Å². The van der Waals surface area contributed by atoms with E-state index in [1.165, 1.54) is 6.92 Å². The van der Waals surface area contributed by atoms with E-state index in [2.05, 4.69) is 4.98 Å². The van der Waals surface area contributed by atoms with Crippen LogP contribution >= 0.6 is 0 Å². The maximum Gasteiger partial charge on any atom is 0.487 e. The highest BCUT2D eigenvalue weighted by Crippen LogP contribution is 2.36. The Morgan fingerprint density at radius 2 is 1.80 bits per heavy atom. The van der Waals surface area contributed by atoms with Crippen molar-refractivity contribution in [2.24, 2.45) is 0 Å². The predicted molar refractivity (Wildman–Crippen MR) is 79.4 cm³/mol. The van der Waals surface area contributed by atoms with E-state index in [0.717, 1.165) is 5.56 Å². The number of hydrogen-bond donors (Lipinski definition) is 0. The number of carbonyl (C=O) groups excluding carboxylic acids is 1. The molecule has 2 heterocycles. The summed E-state index contributed by atoms with van der Waals surface area (Å²) in [6.07, 6.45) is 3.55. The van der Waals surface area contributed by atoms with E-state index in [0.29, 0.717) is 5.69 Å². The third kappa shape index (κ3) is 2.99. The normalized spacial score (nSPS) is 20.6. The van der Waals surface area contributed by atoms with Crippen molar-refractivity contribution in [3.05, 3.63) is 35.6 Å². The van der Waals surface area contributed by atoms with E-state index in [4.69, 9.17) is 9.31 Å². The lowest BCUT2D eigenvalue weighted by atomic mass is 9.89. The van der Waals surface area contributed by atoms with Crippen LogP contribution in [0.1, 0.15) is 50.7 Å². The van der Waals surface area contributed by atoms with Gasteiger partial charge in [-0.3, -0.25) is 9.78 Å². The molecule has 0 amide bonds. The summed E-state index contributed by atoms with van der Waals surface area (Å²) in [6, 6.07) is 3.57. The van der Waals surface area contributed by atoms with Gasteiger partial charge in [0.15, 0.2) is 5.78 Å². The topological polar surface area (TPSA) is 48.4 Å². The van der Waals surface area contributed by atoms with Crippen molar-refractivity contribution in [2.75, 3.05) is 0 Å². The van der Waals surface area contributed by atoms with Crippen LogP contribution in [-0.2, 0) is 9.31 Å². The van der Waals surface area contributed by atoms with Gasteiger partial charge in [-0.05, 0) is 39.3 Å². The number of carbonyl (C=O) groups is 1. The lowest BCUT2D eigenvalue weighted by molar-refractivity contribution is 0.00578. The van der Waals surface area contributed by atoms with Gasteiger partial charge < -0.3 is 9.31 Å². The first-order valence-electron chi connectivity index (χ1n) is 6.72. The molecular weight excluding hydrogens is 253 g/mol. The second-order valence-corrected chi connectivity index (χ2v) is 6.02. The summed E-state index contributed by atoms with van der Waals surface area (Å²) in [5.41, 5.74) is 0.708. The van der Waals surface area contributed by atoms with Gasteiger partial charge in [-0.2, -0.15) is 0 Å². The first kappa shape index (κ1) is 14.9. The summed E-state index contributed by atoms with van der Waals surface area (Å²) in [5.74, 6) is 1.83. The molecule has 0 aliphatic carbocycles. The fraction of sp³-hybridized carbons (Fsp3) is 0.467. The number of nitrogens with zero attached hydrogens (tertiary/aromatic N) is 1. The molecule has 5 heteroatoms. The van der Waals surface area contributed by atoms with Crippen LogP contribution < -0.4 is 0 Å². The fourth-order valence-corrected chi connectivity index (χ4v) is 1.87. The highest BCUT2D eigenvalue weighted by molar-refractivity contribution is 6.52. The number of ketones is 1. The average molecular weight is 273 g/mol. The Kier molecular flexibility index (Phi) is 3.85. The minimum atomic E-state index is -0.368. The molecule has 1 aromatic rings. The molecule has 0 spiro atoms. The number of hydrogen-bond acceptors (Lipinski definition) is 4. The maximum absolute atomic E-state index is 11.1. The van der Waals surface area contributed by atoms with Gasteiger partial charge in [-0.1, -0.05) is 18.1 Å². The van der Waals surface area contributed by atoms with Crippen LogP contribution in [-0.4, -0.2) is 29.1 Å². The molecule has 1 aliphatic rings.